The van der Waals surface area contributed by atoms with Gasteiger partial charge in [0.15, 0.2) is 0 Å². The number of rotatable bonds is 4. The summed E-state index contributed by atoms with van der Waals surface area (Å²) in [5, 5.41) is 3.37. The molecular weight excluding hydrogens is 192 g/mol. The Hall–Kier alpha value is -0.380. The van der Waals surface area contributed by atoms with Gasteiger partial charge in [-0.2, -0.15) is 0 Å². The van der Waals surface area contributed by atoms with Gasteiger partial charge in [-0.3, -0.25) is 0 Å². The standard InChI is InChI=1S/C11H20N2S/c1-8-5-10(14-9(8)2)6-13-7-11(3,4)12/h5,13H,6-7,12H2,1-4H3. The lowest BCUT2D eigenvalue weighted by Gasteiger charge is -2.18. The minimum atomic E-state index is -0.124. The Morgan fingerprint density at radius 3 is 2.50 bits per heavy atom. The third kappa shape index (κ3) is 3.78. The first kappa shape index (κ1) is 11.7. The van der Waals surface area contributed by atoms with Gasteiger partial charge in [-0.1, -0.05) is 0 Å². The van der Waals surface area contributed by atoms with Gasteiger partial charge in [0.25, 0.3) is 0 Å². The quantitative estimate of drug-likeness (QED) is 0.803. The minimum absolute atomic E-state index is 0.124. The lowest BCUT2D eigenvalue weighted by molar-refractivity contribution is 0.468. The summed E-state index contributed by atoms with van der Waals surface area (Å²) in [6, 6.07) is 2.25. The lowest BCUT2D eigenvalue weighted by Crippen LogP contribution is -2.42. The number of hydrogen-bond donors (Lipinski definition) is 2. The Morgan fingerprint density at radius 2 is 2.07 bits per heavy atom. The smallest absolute Gasteiger partial charge is 0.0300 e. The van der Waals surface area contributed by atoms with Crippen LogP contribution < -0.4 is 11.1 Å². The van der Waals surface area contributed by atoms with Crippen molar-refractivity contribution in [2.24, 2.45) is 5.73 Å². The molecule has 0 unspecified atom stereocenters. The van der Waals surface area contributed by atoms with Crippen LogP contribution in [0.15, 0.2) is 6.07 Å². The van der Waals surface area contributed by atoms with Gasteiger partial charge in [-0.15, -0.1) is 11.3 Å². The fourth-order valence-electron chi connectivity index (χ4n) is 1.24. The molecular formula is C11H20N2S. The highest BCUT2D eigenvalue weighted by molar-refractivity contribution is 7.12. The molecule has 1 rings (SSSR count). The van der Waals surface area contributed by atoms with Gasteiger partial charge in [-0.05, 0) is 39.3 Å². The molecule has 0 saturated carbocycles. The molecule has 0 aromatic carbocycles. The SMILES string of the molecule is Cc1cc(CNCC(C)(C)N)sc1C. The van der Waals surface area contributed by atoms with E-state index in [0.29, 0.717) is 0 Å². The van der Waals surface area contributed by atoms with Gasteiger partial charge in [0.1, 0.15) is 0 Å². The van der Waals surface area contributed by atoms with Crippen molar-refractivity contribution in [1.29, 1.82) is 0 Å². The second-order valence-electron chi connectivity index (χ2n) is 4.54. The maximum Gasteiger partial charge on any atom is 0.0300 e. The van der Waals surface area contributed by atoms with Crippen LogP contribution in [0.3, 0.4) is 0 Å². The van der Waals surface area contributed by atoms with Crippen LogP contribution in [0.25, 0.3) is 0 Å². The molecule has 0 spiro atoms. The average molecular weight is 212 g/mol. The molecule has 1 aromatic heterocycles. The maximum absolute atomic E-state index is 5.88. The van der Waals surface area contributed by atoms with Crippen LogP contribution in [0, 0.1) is 13.8 Å². The van der Waals surface area contributed by atoms with Crippen molar-refractivity contribution in [3.8, 4) is 0 Å². The molecule has 1 aromatic rings. The predicted molar refractivity (Wildman–Crippen MR) is 63.8 cm³/mol. The van der Waals surface area contributed by atoms with E-state index in [1.807, 2.05) is 25.2 Å². The number of nitrogens with two attached hydrogens (primary N) is 1. The molecule has 1 heterocycles. The van der Waals surface area contributed by atoms with E-state index in [0.717, 1.165) is 13.1 Å². The Bertz CT molecular complexity index is 277. The molecule has 3 heteroatoms. The topological polar surface area (TPSA) is 38.0 Å². The molecule has 3 N–H and O–H groups in total. The molecule has 0 aliphatic carbocycles. The van der Waals surface area contributed by atoms with Gasteiger partial charge in [-0.25, -0.2) is 0 Å². The summed E-state index contributed by atoms with van der Waals surface area (Å²) < 4.78 is 0. The van der Waals surface area contributed by atoms with E-state index in [-0.39, 0.29) is 5.54 Å². The lowest BCUT2D eigenvalue weighted by atomic mass is 10.1. The summed E-state index contributed by atoms with van der Waals surface area (Å²) in [6.07, 6.45) is 0. The molecule has 0 amide bonds. The van der Waals surface area contributed by atoms with Crippen molar-refractivity contribution in [1.82, 2.24) is 5.32 Å². The molecule has 80 valence electrons. The highest BCUT2D eigenvalue weighted by Crippen LogP contribution is 2.20. The van der Waals surface area contributed by atoms with Crippen LogP contribution in [-0.4, -0.2) is 12.1 Å². The molecule has 0 saturated heterocycles. The summed E-state index contributed by atoms with van der Waals surface area (Å²) >= 11 is 1.86. The number of hydrogen-bond acceptors (Lipinski definition) is 3. The number of aryl methyl sites for hydroxylation is 2. The van der Waals surface area contributed by atoms with Crippen LogP contribution in [0.5, 0.6) is 0 Å². The molecule has 0 radical (unpaired) electrons. The van der Waals surface area contributed by atoms with Crippen LogP contribution in [0.2, 0.25) is 0 Å². The van der Waals surface area contributed by atoms with Crippen molar-refractivity contribution in [2.75, 3.05) is 6.54 Å². The zero-order valence-corrected chi connectivity index (χ0v) is 10.3. The van der Waals surface area contributed by atoms with Gasteiger partial charge in [0.05, 0.1) is 0 Å². The normalized spacial score (nSPS) is 12.1. The third-order valence-electron chi connectivity index (χ3n) is 2.10. The highest BCUT2D eigenvalue weighted by Gasteiger charge is 2.09. The van der Waals surface area contributed by atoms with E-state index in [9.17, 15) is 0 Å². The van der Waals surface area contributed by atoms with E-state index in [1.165, 1.54) is 15.3 Å². The monoisotopic (exact) mass is 212 g/mol. The molecule has 0 bridgehead atoms. The van der Waals surface area contributed by atoms with Crippen LogP contribution in [0.4, 0.5) is 0 Å². The van der Waals surface area contributed by atoms with E-state index in [2.05, 4.69) is 25.2 Å². The largest absolute Gasteiger partial charge is 0.324 e. The Morgan fingerprint density at radius 1 is 1.43 bits per heavy atom. The van der Waals surface area contributed by atoms with E-state index >= 15 is 0 Å². The van der Waals surface area contributed by atoms with Crippen molar-refractivity contribution >= 4 is 11.3 Å². The maximum atomic E-state index is 5.88. The zero-order chi connectivity index (χ0) is 10.8. The van der Waals surface area contributed by atoms with Crippen molar-refractivity contribution in [2.45, 2.75) is 39.8 Å². The van der Waals surface area contributed by atoms with Gasteiger partial charge in [0, 0.05) is 28.4 Å². The van der Waals surface area contributed by atoms with Gasteiger partial charge in [0.2, 0.25) is 0 Å². The van der Waals surface area contributed by atoms with Gasteiger partial charge < -0.3 is 11.1 Å². The Kier molecular flexibility index (Phi) is 3.70. The molecule has 14 heavy (non-hydrogen) atoms. The van der Waals surface area contributed by atoms with Gasteiger partial charge >= 0.3 is 0 Å². The summed E-state index contributed by atoms with van der Waals surface area (Å²) in [4.78, 5) is 2.80. The average Bonchev–Trinajstić information content (AvgIpc) is 2.28. The second kappa shape index (κ2) is 4.43. The predicted octanol–water partition coefficient (Wildman–Crippen LogP) is 2.19. The number of nitrogens with one attached hydrogen (secondary N) is 1. The van der Waals surface area contributed by atoms with E-state index in [1.54, 1.807) is 0 Å². The summed E-state index contributed by atoms with van der Waals surface area (Å²) in [7, 11) is 0. The number of thiophene rings is 1. The van der Waals surface area contributed by atoms with Crippen LogP contribution in [0.1, 0.15) is 29.2 Å². The third-order valence-corrected chi connectivity index (χ3v) is 3.25. The molecule has 2 nitrogen and oxygen atoms in total. The first-order valence-corrected chi connectivity index (χ1v) is 5.75. The first-order valence-electron chi connectivity index (χ1n) is 4.94. The fraction of sp³-hybridized carbons (Fsp3) is 0.636. The molecule has 0 atom stereocenters. The fourth-order valence-corrected chi connectivity index (χ4v) is 2.27. The van der Waals surface area contributed by atoms with E-state index < -0.39 is 0 Å². The molecule has 0 aliphatic rings. The molecule has 0 aliphatic heterocycles. The van der Waals surface area contributed by atoms with E-state index in [4.69, 9.17) is 5.73 Å². The van der Waals surface area contributed by atoms with Crippen molar-refractivity contribution < 1.29 is 0 Å². The minimum Gasteiger partial charge on any atom is -0.324 e. The zero-order valence-electron chi connectivity index (χ0n) is 9.48. The Labute approximate surface area is 90.5 Å². The summed E-state index contributed by atoms with van der Waals surface area (Å²) in [5.41, 5.74) is 7.14. The highest BCUT2D eigenvalue weighted by atomic mass is 32.1. The van der Waals surface area contributed by atoms with Crippen LogP contribution in [-0.2, 0) is 6.54 Å². The van der Waals surface area contributed by atoms with Crippen LogP contribution >= 0.6 is 11.3 Å². The molecule has 0 fully saturated rings. The van der Waals surface area contributed by atoms with Crippen molar-refractivity contribution in [3.05, 3.63) is 21.4 Å². The summed E-state index contributed by atoms with van der Waals surface area (Å²) in [5.74, 6) is 0. The first-order chi connectivity index (χ1) is 6.38. The Balaban J connectivity index is 2.39. The summed E-state index contributed by atoms with van der Waals surface area (Å²) in [6.45, 7) is 10.2. The second-order valence-corrected chi connectivity index (χ2v) is 5.88. The van der Waals surface area contributed by atoms with Crippen molar-refractivity contribution in [3.63, 3.8) is 0 Å².